The molecule has 5 nitrogen and oxygen atoms in total. The average Bonchev–Trinajstić information content (AvgIpc) is 3.14. The molecule has 0 atom stereocenters. The molecule has 0 aliphatic heterocycles. The van der Waals surface area contributed by atoms with Crippen LogP contribution in [0.25, 0.3) is 22.0 Å². The number of hydrogen-bond acceptors (Lipinski definition) is 6. The quantitative estimate of drug-likeness (QED) is 0.683. The van der Waals surface area contributed by atoms with Crippen LogP contribution in [0.1, 0.15) is 13.3 Å². The zero-order valence-electron chi connectivity index (χ0n) is 13.0. The predicted molar refractivity (Wildman–Crippen MR) is 90.9 cm³/mol. The van der Waals surface area contributed by atoms with Gasteiger partial charge in [-0.3, -0.25) is 0 Å². The van der Waals surface area contributed by atoms with Gasteiger partial charge in [0.1, 0.15) is 5.75 Å². The van der Waals surface area contributed by atoms with Crippen LogP contribution < -0.4 is 9.47 Å². The normalized spacial score (nSPS) is 10.5. The summed E-state index contributed by atoms with van der Waals surface area (Å²) in [6, 6.07) is 11.6. The molecule has 2 heterocycles. The second-order valence-electron chi connectivity index (χ2n) is 4.84. The van der Waals surface area contributed by atoms with Crippen LogP contribution in [0.5, 0.6) is 11.6 Å². The standard InChI is InChI=1S/C17H17N3O2S/c1-3-10-22-17-15(12-6-8-13(21-2)9-7-12)19-20-16(18-17)14-5-4-11-23-14/h4-9,11H,3,10H2,1-2H3. The first-order valence-electron chi connectivity index (χ1n) is 7.37. The summed E-state index contributed by atoms with van der Waals surface area (Å²) in [6.45, 7) is 2.65. The fourth-order valence-electron chi connectivity index (χ4n) is 2.05. The molecular formula is C17H17N3O2S. The van der Waals surface area contributed by atoms with E-state index in [0.29, 0.717) is 24.0 Å². The van der Waals surface area contributed by atoms with E-state index in [4.69, 9.17) is 9.47 Å². The van der Waals surface area contributed by atoms with Crippen molar-refractivity contribution in [1.82, 2.24) is 15.2 Å². The van der Waals surface area contributed by atoms with Crippen molar-refractivity contribution in [3.8, 4) is 33.6 Å². The van der Waals surface area contributed by atoms with E-state index >= 15 is 0 Å². The van der Waals surface area contributed by atoms with Gasteiger partial charge in [0, 0.05) is 5.56 Å². The summed E-state index contributed by atoms with van der Waals surface area (Å²) >= 11 is 1.58. The van der Waals surface area contributed by atoms with Gasteiger partial charge in [0.25, 0.3) is 0 Å². The van der Waals surface area contributed by atoms with Gasteiger partial charge in [-0.05, 0) is 42.1 Å². The third-order valence-corrected chi connectivity index (χ3v) is 4.07. The van der Waals surface area contributed by atoms with E-state index in [1.54, 1.807) is 18.4 Å². The zero-order valence-corrected chi connectivity index (χ0v) is 13.8. The number of thiophene rings is 1. The van der Waals surface area contributed by atoms with Crippen molar-refractivity contribution in [2.75, 3.05) is 13.7 Å². The van der Waals surface area contributed by atoms with Crippen LogP contribution in [0.4, 0.5) is 0 Å². The van der Waals surface area contributed by atoms with Crippen molar-refractivity contribution >= 4 is 11.3 Å². The highest BCUT2D eigenvalue weighted by Gasteiger charge is 2.14. The van der Waals surface area contributed by atoms with Crippen molar-refractivity contribution in [2.24, 2.45) is 0 Å². The van der Waals surface area contributed by atoms with Gasteiger partial charge in [-0.1, -0.05) is 13.0 Å². The summed E-state index contributed by atoms with van der Waals surface area (Å²) in [4.78, 5) is 5.53. The summed E-state index contributed by atoms with van der Waals surface area (Å²) in [7, 11) is 1.64. The molecule has 0 N–H and O–H groups in total. The van der Waals surface area contributed by atoms with Crippen LogP contribution in [-0.2, 0) is 0 Å². The maximum atomic E-state index is 5.80. The van der Waals surface area contributed by atoms with E-state index in [1.807, 2.05) is 41.8 Å². The molecule has 1 aromatic carbocycles. The number of methoxy groups -OCH3 is 1. The highest BCUT2D eigenvalue weighted by Crippen LogP contribution is 2.30. The molecule has 0 unspecified atom stereocenters. The fourth-order valence-corrected chi connectivity index (χ4v) is 2.70. The molecule has 0 aliphatic rings. The summed E-state index contributed by atoms with van der Waals surface area (Å²) < 4.78 is 11.0. The Labute approximate surface area is 139 Å². The van der Waals surface area contributed by atoms with Crippen molar-refractivity contribution in [2.45, 2.75) is 13.3 Å². The maximum absolute atomic E-state index is 5.80. The summed E-state index contributed by atoms with van der Waals surface area (Å²) in [5.41, 5.74) is 1.54. The summed E-state index contributed by atoms with van der Waals surface area (Å²) in [5, 5.41) is 10.6. The molecule has 2 aromatic heterocycles. The maximum Gasteiger partial charge on any atom is 0.244 e. The van der Waals surface area contributed by atoms with Crippen LogP contribution in [0, 0.1) is 0 Å². The molecule has 118 valence electrons. The van der Waals surface area contributed by atoms with Crippen LogP contribution in [0.15, 0.2) is 41.8 Å². The fraction of sp³-hybridized carbons (Fsp3) is 0.235. The molecule has 0 spiro atoms. The average molecular weight is 327 g/mol. The Morgan fingerprint density at radius 3 is 2.57 bits per heavy atom. The van der Waals surface area contributed by atoms with E-state index in [1.165, 1.54) is 0 Å². The Kier molecular flexibility index (Phi) is 4.83. The minimum absolute atomic E-state index is 0.510. The third-order valence-electron chi connectivity index (χ3n) is 3.20. The Balaban J connectivity index is 2.00. The molecule has 0 saturated heterocycles. The van der Waals surface area contributed by atoms with Crippen molar-refractivity contribution in [3.05, 3.63) is 41.8 Å². The third kappa shape index (κ3) is 3.48. The number of ether oxygens (including phenoxy) is 2. The van der Waals surface area contributed by atoms with Crippen LogP contribution in [-0.4, -0.2) is 28.9 Å². The Morgan fingerprint density at radius 1 is 1.09 bits per heavy atom. The highest BCUT2D eigenvalue weighted by molar-refractivity contribution is 7.13. The topological polar surface area (TPSA) is 57.1 Å². The summed E-state index contributed by atoms with van der Waals surface area (Å²) in [5.74, 6) is 1.89. The van der Waals surface area contributed by atoms with E-state index < -0.39 is 0 Å². The number of hydrogen-bond donors (Lipinski definition) is 0. The van der Waals surface area contributed by atoms with Gasteiger partial charge in [0.2, 0.25) is 5.88 Å². The molecular weight excluding hydrogens is 310 g/mol. The largest absolute Gasteiger partial charge is 0.497 e. The second kappa shape index (κ2) is 7.19. The minimum atomic E-state index is 0.510. The zero-order chi connectivity index (χ0) is 16.1. The molecule has 0 fully saturated rings. The van der Waals surface area contributed by atoms with Crippen molar-refractivity contribution in [1.29, 1.82) is 0 Å². The molecule has 0 saturated carbocycles. The van der Waals surface area contributed by atoms with Gasteiger partial charge in [-0.25, -0.2) is 0 Å². The monoisotopic (exact) mass is 327 g/mol. The molecule has 23 heavy (non-hydrogen) atoms. The first kappa shape index (κ1) is 15.4. The van der Waals surface area contributed by atoms with Gasteiger partial charge in [0.15, 0.2) is 11.5 Å². The SMILES string of the molecule is CCCOc1nc(-c2cccs2)nnc1-c1ccc(OC)cc1. The molecule has 3 rings (SSSR count). The van der Waals surface area contributed by atoms with E-state index in [-0.39, 0.29) is 0 Å². The molecule has 0 bridgehead atoms. The van der Waals surface area contributed by atoms with Gasteiger partial charge in [-0.2, -0.15) is 4.98 Å². The Morgan fingerprint density at radius 2 is 1.91 bits per heavy atom. The minimum Gasteiger partial charge on any atom is -0.497 e. The van der Waals surface area contributed by atoms with E-state index in [0.717, 1.165) is 22.6 Å². The molecule has 0 amide bonds. The summed E-state index contributed by atoms with van der Waals surface area (Å²) in [6.07, 6.45) is 0.903. The smallest absolute Gasteiger partial charge is 0.244 e. The van der Waals surface area contributed by atoms with Gasteiger partial charge in [0.05, 0.1) is 18.6 Å². The molecule has 3 aromatic rings. The lowest BCUT2D eigenvalue weighted by Gasteiger charge is -2.10. The van der Waals surface area contributed by atoms with Gasteiger partial charge in [-0.15, -0.1) is 21.5 Å². The lowest BCUT2D eigenvalue weighted by Crippen LogP contribution is -2.04. The number of aromatic nitrogens is 3. The van der Waals surface area contributed by atoms with Crippen molar-refractivity contribution < 1.29 is 9.47 Å². The first-order chi connectivity index (χ1) is 11.3. The van der Waals surface area contributed by atoms with E-state index in [2.05, 4.69) is 22.1 Å². The molecule has 6 heteroatoms. The van der Waals surface area contributed by atoms with Crippen LogP contribution in [0.3, 0.4) is 0 Å². The van der Waals surface area contributed by atoms with Gasteiger partial charge >= 0.3 is 0 Å². The lowest BCUT2D eigenvalue weighted by molar-refractivity contribution is 0.305. The van der Waals surface area contributed by atoms with E-state index in [9.17, 15) is 0 Å². The number of nitrogens with zero attached hydrogens (tertiary/aromatic N) is 3. The van der Waals surface area contributed by atoms with Crippen LogP contribution in [0.2, 0.25) is 0 Å². The highest BCUT2D eigenvalue weighted by atomic mass is 32.1. The molecule has 0 radical (unpaired) electrons. The number of benzene rings is 1. The van der Waals surface area contributed by atoms with Gasteiger partial charge < -0.3 is 9.47 Å². The van der Waals surface area contributed by atoms with Crippen LogP contribution >= 0.6 is 11.3 Å². The Hall–Kier alpha value is -2.47. The lowest BCUT2D eigenvalue weighted by atomic mass is 10.1. The van der Waals surface area contributed by atoms with Crippen molar-refractivity contribution in [3.63, 3.8) is 0 Å². The second-order valence-corrected chi connectivity index (χ2v) is 5.79. The number of rotatable bonds is 6. The molecule has 0 aliphatic carbocycles. The Bertz CT molecular complexity index is 758. The predicted octanol–water partition coefficient (Wildman–Crippen LogP) is 4.06. The first-order valence-corrected chi connectivity index (χ1v) is 8.25.